The van der Waals surface area contributed by atoms with E-state index in [1.807, 2.05) is 84.1 Å². The molecule has 0 radical (unpaired) electrons. The van der Waals surface area contributed by atoms with Crippen LogP contribution in [0.15, 0.2) is 88.8 Å². The molecule has 37 heavy (non-hydrogen) atoms. The van der Waals surface area contributed by atoms with Crippen molar-refractivity contribution in [1.29, 1.82) is 0 Å². The highest BCUT2D eigenvalue weighted by Gasteiger charge is 2.18. The zero-order valence-electron chi connectivity index (χ0n) is 19.7. The Balaban J connectivity index is 1.39. The number of benzene rings is 3. The van der Waals surface area contributed by atoms with E-state index >= 15 is 0 Å². The zero-order chi connectivity index (χ0) is 25.4. The summed E-state index contributed by atoms with van der Waals surface area (Å²) in [7, 11) is 0. The molecule has 0 aliphatic heterocycles. The average Bonchev–Trinajstić information content (AvgIpc) is 3.33. The number of aromatic nitrogens is 7. The van der Waals surface area contributed by atoms with E-state index in [-0.39, 0.29) is 11.5 Å². The summed E-state index contributed by atoms with van der Waals surface area (Å²) in [5, 5.41) is 13.2. The molecule has 0 fully saturated rings. The van der Waals surface area contributed by atoms with Gasteiger partial charge in [-0.2, -0.15) is 15.0 Å². The van der Waals surface area contributed by atoms with Gasteiger partial charge in [0, 0.05) is 5.69 Å². The fourth-order valence-corrected chi connectivity index (χ4v) is 4.90. The number of aryl methyl sites for hydroxylation is 1. The molecule has 3 aromatic heterocycles. The van der Waals surface area contributed by atoms with Gasteiger partial charge in [0.2, 0.25) is 17.7 Å². The van der Waals surface area contributed by atoms with Crippen molar-refractivity contribution in [3.8, 4) is 5.69 Å². The van der Waals surface area contributed by atoms with Gasteiger partial charge in [-0.25, -0.2) is 4.57 Å². The maximum Gasteiger partial charge on any atom is 0.267 e. The van der Waals surface area contributed by atoms with E-state index in [9.17, 15) is 4.79 Å². The number of hydrogen-bond acceptors (Lipinski definition) is 9. The molecule has 3 heterocycles. The molecule has 0 amide bonds. The van der Waals surface area contributed by atoms with Crippen molar-refractivity contribution in [3.05, 3.63) is 101 Å². The Morgan fingerprint density at radius 3 is 2.49 bits per heavy atom. The molecular formula is C26H21N9OS. The van der Waals surface area contributed by atoms with Crippen LogP contribution in [0.1, 0.15) is 11.4 Å². The lowest BCUT2D eigenvalue weighted by Gasteiger charge is -2.11. The Bertz CT molecular complexity index is 1810. The van der Waals surface area contributed by atoms with E-state index in [0.29, 0.717) is 39.5 Å². The topological polar surface area (TPSA) is 129 Å². The van der Waals surface area contributed by atoms with Crippen LogP contribution in [0.2, 0.25) is 0 Å². The van der Waals surface area contributed by atoms with Crippen molar-refractivity contribution in [2.24, 2.45) is 0 Å². The second kappa shape index (κ2) is 9.36. The van der Waals surface area contributed by atoms with Crippen LogP contribution >= 0.6 is 11.8 Å². The molecule has 0 aliphatic carbocycles. The molecule has 0 unspecified atom stereocenters. The van der Waals surface area contributed by atoms with Crippen molar-refractivity contribution in [1.82, 2.24) is 34.1 Å². The first kappa shape index (κ1) is 22.7. The van der Waals surface area contributed by atoms with Crippen LogP contribution in [-0.2, 0) is 5.75 Å². The summed E-state index contributed by atoms with van der Waals surface area (Å²) in [6.07, 6.45) is 0. The Hall–Kier alpha value is -4.77. The number of nitrogens with zero attached hydrogens (tertiary/aromatic N) is 7. The zero-order valence-corrected chi connectivity index (χ0v) is 20.6. The summed E-state index contributed by atoms with van der Waals surface area (Å²) in [6, 6.07) is 24.7. The highest BCUT2D eigenvalue weighted by Crippen LogP contribution is 2.26. The van der Waals surface area contributed by atoms with Crippen molar-refractivity contribution >= 4 is 46.0 Å². The Kier molecular flexibility index (Phi) is 5.73. The molecule has 0 saturated heterocycles. The molecule has 0 spiro atoms. The number of thioether (sulfide) groups is 1. The predicted molar refractivity (Wildman–Crippen MR) is 144 cm³/mol. The summed E-state index contributed by atoms with van der Waals surface area (Å²) < 4.78 is 3.45. The van der Waals surface area contributed by atoms with Gasteiger partial charge in [-0.3, -0.25) is 9.20 Å². The van der Waals surface area contributed by atoms with Gasteiger partial charge in [0.1, 0.15) is 5.82 Å². The minimum atomic E-state index is -0.157. The Morgan fingerprint density at radius 2 is 1.65 bits per heavy atom. The number of nitrogens with one attached hydrogen (secondary N) is 1. The first-order valence-electron chi connectivity index (χ1n) is 11.5. The largest absolute Gasteiger partial charge is 0.368 e. The highest BCUT2D eigenvalue weighted by molar-refractivity contribution is 7.98. The maximum atomic E-state index is 13.4. The van der Waals surface area contributed by atoms with Gasteiger partial charge >= 0.3 is 0 Å². The smallest absolute Gasteiger partial charge is 0.267 e. The fraction of sp³-hybridized carbons (Fsp3) is 0.0769. The molecule has 0 aliphatic rings. The summed E-state index contributed by atoms with van der Waals surface area (Å²) in [5.41, 5.74) is 9.21. The maximum absolute atomic E-state index is 13.4. The van der Waals surface area contributed by atoms with E-state index in [1.54, 1.807) is 10.6 Å². The minimum Gasteiger partial charge on any atom is -0.368 e. The van der Waals surface area contributed by atoms with Gasteiger partial charge in [0.05, 0.1) is 22.3 Å². The van der Waals surface area contributed by atoms with E-state index in [1.165, 1.54) is 11.8 Å². The van der Waals surface area contributed by atoms with E-state index in [4.69, 9.17) is 5.73 Å². The summed E-state index contributed by atoms with van der Waals surface area (Å²) in [4.78, 5) is 26.5. The van der Waals surface area contributed by atoms with Crippen LogP contribution in [0, 0.1) is 6.92 Å². The molecule has 11 heteroatoms. The van der Waals surface area contributed by atoms with Crippen molar-refractivity contribution < 1.29 is 0 Å². The third kappa shape index (κ3) is 4.25. The van der Waals surface area contributed by atoms with E-state index in [0.717, 1.165) is 16.8 Å². The monoisotopic (exact) mass is 507 g/mol. The number of rotatable bonds is 6. The normalized spacial score (nSPS) is 11.3. The second-order valence-electron chi connectivity index (χ2n) is 8.27. The van der Waals surface area contributed by atoms with Crippen LogP contribution in [0.5, 0.6) is 0 Å². The van der Waals surface area contributed by atoms with Crippen LogP contribution in [-0.4, -0.2) is 34.1 Å². The predicted octanol–water partition coefficient (Wildman–Crippen LogP) is 4.14. The van der Waals surface area contributed by atoms with Crippen LogP contribution in [0.4, 0.5) is 17.6 Å². The van der Waals surface area contributed by atoms with Gasteiger partial charge < -0.3 is 11.1 Å². The van der Waals surface area contributed by atoms with Crippen molar-refractivity contribution in [2.45, 2.75) is 17.8 Å². The highest BCUT2D eigenvalue weighted by atomic mass is 32.2. The lowest BCUT2D eigenvalue weighted by molar-refractivity contribution is 0.923. The number of anilines is 3. The average molecular weight is 508 g/mol. The van der Waals surface area contributed by atoms with Crippen molar-refractivity contribution in [3.63, 3.8) is 0 Å². The van der Waals surface area contributed by atoms with E-state index < -0.39 is 0 Å². The number of nitrogens with two attached hydrogens (primary N) is 1. The summed E-state index contributed by atoms with van der Waals surface area (Å²) >= 11 is 1.40. The second-order valence-corrected chi connectivity index (χ2v) is 9.22. The van der Waals surface area contributed by atoms with Gasteiger partial charge in [0.25, 0.3) is 5.56 Å². The molecule has 10 nitrogen and oxygen atoms in total. The van der Waals surface area contributed by atoms with E-state index in [2.05, 4.69) is 30.5 Å². The van der Waals surface area contributed by atoms with Crippen LogP contribution in [0.25, 0.3) is 22.4 Å². The third-order valence-corrected chi connectivity index (χ3v) is 6.76. The molecule has 0 bridgehead atoms. The van der Waals surface area contributed by atoms with Gasteiger partial charge in [-0.05, 0) is 42.8 Å². The molecular weight excluding hydrogens is 486 g/mol. The number of hydrogen-bond donors (Lipinski definition) is 2. The molecule has 0 atom stereocenters. The van der Waals surface area contributed by atoms with Gasteiger partial charge in [-0.1, -0.05) is 60.3 Å². The SMILES string of the molecule is Cc1ccccc1Nc1nc(N)nc(CSc2nnc3n(-c4ccccc4)c(=O)c4ccccc4n23)n1. The van der Waals surface area contributed by atoms with Gasteiger partial charge in [0.15, 0.2) is 5.16 Å². The lowest BCUT2D eigenvalue weighted by atomic mass is 10.2. The molecule has 3 aromatic carbocycles. The molecule has 6 aromatic rings. The third-order valence-electron chi connectivity index (χ3n) is 5.83. The lowest BCUT2D eigenvalue weighted by Crippen LogP contribution is -2.21. The number of para-hydroxylation sites is 3. The first-order valence-corrected chi connectivity index (χ1v) is 12.5. The fourth-order valence-electron chi connectivity index (χ4n) is 4.10. The standard InChI is InChI=1S/C26H21N9OS/c1-16-9-5-7-13-19(16)28-24-30-21(29-23(27)31-24)15-37-26-33-32-25-34(17-10-3-2-4-11-17)22(36)18-12-6-8-14-20(18)35(25)26/h2-14H,15H2,1H3,(H3,27,28,29,30,31). The minimum absolute atomic E-state index is 0.121. The Morgan fingerprint density at radius 1 is 0.892 bits per heavy atom. The van der Waals surface area contributed by atoms with Gasteiger partial charge in [-0.15, -0.1) is 10.2 Å². The molecule has 182 valence electrons. The quantitative estimate of drug-likeness (QED) is 0.319. The molecule has 6 rings (SSSR count). The summed E-state index contributed by atoms with van der Waals surface area (Å²) in [5.74, 6) is 1.78. The van der Waals surface area contributed by atoms with Crippen LogP contribution < -0.4 is 16.6 Å². The number of fused-ring (bicyclic) bond motifs is 3. The first-order chi connectivity index (χ1) is 18.1. The summed E-state index contributed by atoms with van der Waals surface area (Å²) in [6.45, 7) is 2.00. The van der Waals surface area contributed by atoms with Crippen LogP contribution in [0.3, 0.4) is 0 Å². The molecule has 3 N–H and O–H groups in total. The Labute approximate surface area is 215 Å². The molecule has 0 saturated carbocycles. The van der Waals surface area contributed by atoms with Crippen molar-refractivity contribution in [2.75, 3.05) is 11.1 Å². The number of nitrogen functional groups attached to an aromatic ring is 1.